The van der Waals surface area contributed by atoms with Crippen LogP contribution in [0.25, 0.3) is 16.6 Å². The third-order valence-electron chi connectivity index (χ3n) is 5.65. The molecule has 0 spiro atoms. The van der Waals surface area contributed by atoms with Crippen LogP contribution in [0.15, 0.2) is 76.7 Å². The van der Waals surface area contributed by atoms with Gasteiger partial charge in [0.15, 0.2) is 5.16 Å². The van der Waals surface area contributed by atoms with E-state index in [4.69, 9.17) is 4.98 Å². The highest BCUT2D eigenvalue weighted by Crippen LogP contribution is 2.26. The zero-order valence-corrected chi connectivity index (χ0v) is 20.2. The molecule has 174 valence electrons. The van der Waals surface area contributed by atoms with E-state index in [-0.39, 0.29) is 11.5 Å². The maximum Gasteiger partial charge on any atom is 0.266 e. The minimum atomic E-state index is -0.431. The van der Waals surface area contributed by atoms with E-state index in [1.165, 1.54) is 28.5 Å². The number of nitrogens with zero attached hydrogens (tertiary/aromatic N) is 3. The molecule has 4 rings (SSSR count). The molecule has 0 bridgehead atoms. The first kappa shape index (κ1) is 23.7. The van der Waals surface area contributed by atoms with Crippen molar-refractivity contribution in [3.63, 3.8) is 0 Å². The van der Waals surface area contributed by atoms with Crippen LogP contribution in [0.4, 0.5) is 4.39 Å². The molecule has 34 heavy (non-hydrogen) atoms. The van der Waals surface area contributed by atoms with E-state index < -0.39 is 5.82 Å². The van der Waals surface area contributed by atoms with Gasteiger partial charge in [-0.05, 0) is 62.7 Å². The summed E-state index contributed by atoms with van der Waals surface area (Å²) in [5, 5.41) is 0.817. The highest BCUT2D eigenvalue weighted by molar-refractivity contribution is 7.98. The molecule has 0 saturated carbocycles. The van der Waals surface area contributed by atoms with Crippen LogP contribution in [0.3, 0.4) is 0 Å². The molecule has 7 heteroatoms. The lowest BCUT2D eigenvalue weighted by Crippen LogP contribution is -2.30. The molecule has 1 amide bonds. The second-order valence-corrected chi connectivity index (χ2v) is 8.94. The number of fused-ring (bicyclic) bond motifs is 1. The van der Waals surface area contributed by atoms with Gasteiger partial charge >= 0.3 is 0 Å². The Morgan fingerprint density at radius 2 is 1.79 bits per heavy atom. The molecular weight excluding hydrogens is 449 g/mol. The Kier molecular flexibility index (Phi) is 7.12. The molecule has 0 aliphatic heterocycles. The van der Waals surface area contributed by atoms with Gasteiger partial charge < -0.3 is 4.90 Å². The lowest BCUT2D eigenvalue weighted by Gasteiger charge is -2.19. The van der Waals surface area contributed by atoms with Gasteiger partial charge in [0.1, 0.15) is 5.82 Å². The number of benzene rings is 3. The lowest BCUT2D eigenvalue weighted by atomic mass is 10.1. The first-order valence-electron chi connectivity index (χ1n) is 11.2. The van der Waals surface area contributed by atoms with Crippen molar-refractivity contribution < 1.29 is 9.18 Å². The van der Waals surface area contributed by atoms with Crippen LogP contribution in [0.1, 0.15) is 35.3 Å². The number of aryl methyl sites for hydroxylation is 1. The molecule has 0 atom stereocenters. The maximum atomic E-state index is 14.0. The van der Waals surface area contributed by atoms with Crippen LogP contribution < -0.4 is 5.56 Å². The summed E-state index contributed by atoms with van der Waals surface area (Å²) >= 11 is 1.40. The normalized spacial score (nSPS) is 11.1. The van der Waals surface area contributed by atoms with Gasteiger partial charge in [-0.2, -0.15) is 0 Å². The van der Waals surface area contributed by atoms with Gasteiger partial charge in [0.25, 0.3) is 11.5 Å². The molecule has 0 unspecified atom stereocenters. The maximum absolute atomic E-state index is 14.0. The van der Waals surface area contributed by atoms with Crippen molar-refractivity contribution in [1.82, 2.24) is 14.5 Å². The van der Waals surface area contributed by atoms with E-state index in [1.807, 2.05) is 39.0 Å². The average Bonchev–Trinajstić information content (AvgIpc) is 2.83. The molecule has 0 radical (unpaired) electrons. The number of halogens is 1. The number of amides is 1. The summed E-state index contributed by atoms with van der Waals surface area (Å²) in [5.41, 5.74) is 3.28. The molecule has 5 nitrogen and oxygen atoms in total. The third kappa shape index (κ3) is 4.89. The fourth-order valence-corrected chi connectivity index (χ4v) is 4.84. The van der Waals surface area contributed by atoms with Gasteiger partial charge in [-0.25, -0.2) is 9.37 Å². The number of thioether (sulfide) groups is 1. The van der Waals surface area contributed by atoms with Crippen LogP contribution in [-0.2, 0) is 5.75 Å². The van der Waals surface area contributed by atoms with Crippen LogP contribution in [0, 0.1) is 12.7 Å². The molecule has 0 N–H and O–H groups in total. The first-order valence-corrected chi connectivity index (χ1v) is 12.2. The zero-order valence-electron chi connectivity index (χ0n) is 19.4. The van der Waals surface area contributed by atoms with Gasteiger partial charge in [0, 0.05) is 24.4 Å². The molecule has 0 saturated heterocycles. The van der Waals surface area contributed by atoms with Gasteiger partial charge in [-0.3, -0.25) is 14.2 Å². The summed E-state index contributed by atoms with van der Waals surface area (Å²) < 4.78 is 15.5. The molecule has 0 fully saturated rings. The standard InChI is InChI=1S/C27H26FN3O2S/c1-4-30(5-2)25(32)20-12-13-23-24(15-20)29-27(34-17-19-9-6-8-18(3)14-19)31(26(23)33)22-11-7-10-21(28)16-22/h6-16H,4-5,17H2,1-3H3. The molecule has 1 heterocycles. The minimum Gasteiger partial charge on any atom is -0.339 e. The van der Waals surface area contributed by atoms with Crippen molar-refractivity contribution in [2.45, 2.75) is 31.7 Å². The molecule has 3 aromatic carbocycles. The minimum absolute atomic E-state index is 0.100. The predicted octanol–water partition coefficient (Wildman–Crippen LogP) is 5.61. The first-order chi connectivity index (χ1) is 16.4. The number of carbonyl (C=O) groups is 1. The SMILES string of the molecule is CCN(CC)C(=O)c1ccc2c(=O)n(-c3cccc(F)c3)c(SCc3cccc(C)c3)nc2c1. The van der Waals surface area contributed by atoms with E-state index in [2.05, 4.69) is 6.07 Å². The summed E-state index contributed by atoms with van der Waals surface area (Å²) in [5.74, 6) is 0.0591. The Balaban J connectivity index is 1.85. The smallest absolute Gasteiger partial charge is 0.266 e. The fraction of sp³-hybridized carbons (Fsp3) is 0.222. The van der Waals surface area contributed by atoms with E-state index in [0.29, 0.717) is 46.2 Å². The third-order valence-corrected chi connectivity index (χ3v) is 6.66. The van der Waals surface area contributed by atoms with Crippen LogP contribution in [0.2, 0.25) is 0 Å². The van der Waals surface area contributed by atoms with Crippen LogP contribution >= 0.6 is 11.8 Å². The summed E-state index contributed by atoms with van der Waals surface area (Å²) in [6.45, 7) is 7.08. The summed E-state index contributed by atoms with van der Waals surface area (Å²) in [4.78, 5) is 32.9. The Hall–Kier alpha value is -3.45. The van der Waals surface area contributed by atoms with Crippen molar-refractivity contribution in [2.75, 3.05) is 13.1 Å². The fourth-order valence-electron chi connectivity index (χ4n) is 3.88. The van der Waals surface area contributed by atoms with E-state index in [1.54, 1.807) is 35.2 Å². The second-order valence-electron chi connectivity index (χ2n) is 8.00. The van der Waals surface area contributed by atoms with Gasteiger partial charge in [0.05, 0.1) is 16.6 Å². The Bertz CT molecular complexity index is 1410. The van der Waals surface area contributed by atoms with E-state index >= 15 is 0 Å². The van der Waals surface area contributed by atoms with Crippen LogP contribution in [-0.4, -0.2) is 33.4 Å². The summed E-state index contributed by atoms with van der Waals surface area (Å²) in [6, 6.07) is 19.0. The van der Waals surface area contributed by atoms with Gasteiger partial charge in [-0.15, -0.1) is 0 Å². The molecular formula is C27H26FN3O2S. The van der Waals surface area contributed by atoms with Crippen molar-refractivity contribution in [2.24, 2.45) is 0 Å². The summed E-state index contributed by atoms with van der Waals surface area (Å²) in [7, 11) is 0. The number of carbonyl (C=O) groups excluding carboxylic acids is 1. The number of hydrogen-bond acceptors (Lipinski definition) is 4. The monoisotopic (exact) mass is 475 g/mol. The van der Waals surface area contributed by atoms with Crippen molar-refractivity contribution >= 4 is 28.6 Å². The number of hydrogen-bond donors (Lipinski definition) is 0. The van der Waals surface area contributed by atoms with Crippen molar-refractivity contribution in [1.29, 1.82) is 0 Å². The van der Waals surface area contributed by atoms with Crippen LogP contribution in [0.5, 0.6) is 0 Å². The molecule has 0 aliphatic rings. The van der Waals surface area contributed by atoms with Crippen molar-refractivity contribution in [3.05, 3.63) is 99.6 Å². The number of rotatable bonds is 7. The van der Waals surface area contributed by atoms with E-state index in [9.17, 15) is 14.0 Å². The molecule has 0 aliphatic carbocycles. The second kappa shape index (κ2) is 10.2. The molecule has 1 aromatic heterocycles. The van der Waals surface area contributed by atoms with Gasteiger partial charge in [0.2, 0.25) is 0 Å². The largest absolute Gasteiger partial charge is 0.339 e. The highest BCUT2D eigenvalue weighted by Gasteiger charge is 2.18. The highest BCUT2D eigenvalue weighted by atomic mass is 32.2. The average molecular weight is 476 g/mol. The molecule has 4 aromatic rings. The van der Waals surface area contributed by atoms with E-state index in [0.717, 1.165) is 11.1 Å². The zero-order chi connectivity index (χ0) is 24.2. The topological polar surface area (TPSA) is 55.2 Å². The predicted molar refractivity (Wildman–Crippen MR) is 135 cm³/mol. The Labute approximate surface area is 202 Å². The van der Waals surface area contributed by atoms with Crippen molar-refractivity contribution in [3.8, 4) is 5.69 Å². The van der Waals surface area contributed by atoms with Gasteiger partial charge in [-0.1, -0.05) is 47.7 Å². The lowest BCUT2D eigenvalue weighted by molar-refractivity contribution is 0.0773. The Morgan fingerprint density at radius 1 is 1.03 bits per heavy atom. The Morgan fingerprint density at radius 3 is 2.50 bits per heavy atom. The quantitative estimate of drug-likeness (QED) is 0.258. The summed E-state index contributed by atoms with van der Waals surface area (Å²) in [6.07, 6.45) is 0. The number of aromatic nitrogens is 2.